The summed E-state index contributed by atoms with van der Waals surface area (Å²) >= 11 is 1.33. The summed E-state index contributed by atoms with van der Waals surface area (Å²) in [5, 5.41) is 3.06. The van der Waals surface area contributed by atoms with E-state index in [2.05, 4.69) is 5.32 Å². The third-order valence-electron chi connectivity index (χ3n) is 3.40. The van der Waals surface area contributed by atoms with Gasteiger partial charge in [-0.15, -0.1) is 11.3 Å². The molecule has 2 rings (SSSR count). The van der Waals surface area contributed by atoms with Gasteiger partial charge in [-0.1, -0.05) is 18.2 Å². The van der Waals surface area contributed by atoms with E-state index in [9.17, 15) is 8.42 Å². The molecule has 0 aliphatic carbocycles. The first-order chi connectivity index (χ1) is 9.87. The second kappa shape index (κ2) is 6.17. The maximum Gasteiger partial charge on any atom is 0.273 e. The standard InChI is InChI=1S/C15H20N2O2S2/c1-11-7-5-6-8-13(11)17(4)21(18,19)15-9-12(2)14(20-15)10-16-3/h5-9,16H,10H2,1-4H3. The molecule has 1 N–H and O–H groups in total. The molecule has 114 valence electrons. The maximum atomic E-state index is 12.8. The third kappa shape index (κ3) is 3.12. The second-order valence-corrected chi connectivity index (χ2v) is 8.29. The number of thiophene rings is 1. The Morgan fingerprint density at radius 1 is 1.19 bits per heavy atom. The highest BCUT2D eigenvalue weighted by Crippen LogP contribution is 2.31. The Morgan fingerprint density at radius 2 is 1.86 bits per heavy atom. The normalized spacial score (nSPS) is 11.6. The summed E-state index contributed by atoms with van der Waals surface area (Å²) in [7, 11) is -0.0548. The number of para-hydroxylation sites is 1. The molecule has 0 saturated carbocycles. The van der Waals surface area contributed by atoms with Gasteiger partial charge in [-0.25, -0.2) is 8.42 Å². The molecule has 0 fully saturated rings. The summed E-state index contributed by atoms with van der Waals surface area (Å²) in [6.07, 6.45) is 0. The topological polar surface area (TPSA) is 49.4 Å². The lowest BCUT2D eigenvalue weighted by Gasteiger charge is -2.20. The van der Waals surface area contributed by atoms with Crippen LogP contribution in [0.4, 0.5) is 5.69 Å². The third-order valence-corrected chi connectivity index (χ3v) is 6.86. The van der Waals surface area contributed by atoms with Gasteiger partial charge in [0.25, 0.3) is 10.0 Å². The van der Waals surface area contributed by atoms with Crippen LogP contribution in [0.25, 0.3) is 0 Å². The van der Waals surface area contributed by atoms with E-state index in [0.29, 0.717) is 16.4 Å². The Hall–Kier alpha value is -1.37. The van der Waals surface area contributed by atoms with Crippen molar-refractivity contribution in [1.29, 1.82) is 0 Å². The van der Waals surface area contributed by atoms with Crippen molar-refractivity contribution in [1.82, 2.24) is 5.32 Å². The first-order valence-corrected chi connectivity index (χ1v) is 8.92. The zero-order chi connectivity index (χ0) is 15.6. The highest BCUT2D eigenvalue weighted by molar-refractivity contribution is 7.94. The lowest BCUT2D eigenvalue weighted by atomic mass is 10.2. The number of aryl methyl sites for hydroxylation is 2. The van der Waals surface area contributed by atoms with E-state index < -0.39 is 10.0 Å². The van der Waals surface area contributed by atoms with Crippen LogP contribution in [-0.2, 0) is 16.6 Å². The van der Waals surface area contributed by atoms with Crippen molar-refractivity contribution < 1.29 is 8.42 Å². The number of hydrogen-bond donors (Lipinski definition) is 1. The van der Waals surface area contributed by atoms with Gasteiger partial charge in [-0.05, 0) is 44.2 Å². The molecule has 0 bridgehead atoms. The quantitative estimate of drug-likeness (QED) is 0.920. The zero-order valence-corrected chi connectivity index (χ0v) is 14.3. The summed E-state index contributed by atoms with van der Waals surface area (Å²) in [6, 6.07) is 9.23. The average molecular weight is 324 g/mol. The first-order valence-electron chi connectivity index (χ1n) is 6.66. The van der Waals surface area contributed by atoms with E-state index in [1.54, 1.807) is 13.1 Å². The minimum absolute atomic E-state index is 0.385. The molecule has 0 amide bonds. The van der Waals surface area contributed by atoms with Crippen LogP contribution in [0.15, 0.2) is 34.5 Å². The predicted octanol–water partition coefficient (Wildman–Crippen LogP) is 2.91. The van der Waals surface area contributed by atoms with Gasteiger partial charge in [0, 0.05) is 18.5 Å². The summed E-state index contributed by atoms with van der Waals surface area (Å²) in [4.78, 5) is 1.05. The number of benzene rings is 1. The first kappa shape index (κ1) is 16.0. The second-order valence-electron chi connectivity index (χ2n) is 4.96. The summed E-state index contributed by atoms with van der Waals surface area (Å²) < 4.78 is 27.3. The molecule has 6 heteroatoms. The molecule has 4 nitrogen and oxygen atoms in total. The Labute approximate surface area is 130 Å². The fourth-order valence-corrected chi connectivity index (χ4v) is 5.17. The minimum atomic E-state index is -3.51. The van der Waals surface area contributed by atoms with Crippen molar-refractivity contribution in [2.45, 2.75) is 24.6 Å². The van der Waals surface area contributed by atoms with Crippen molar-refractivity contribution in [3.05, 3.63) is 46.3 Å². The Morgan fingerprint density at radius 3 is 2.48 bits per heavy atom. The molecule has 21 heavy (non-hydrogen) atoms. The van der Waals surface area contributed by atoms with Gasteiger partial charge in [0.05, 0.1) is 5.69 Å². The number of anilines is 1. The monoisotopic (exact) mass is 324 g/mol. The summed E-state index contributed by atoms with van der Waals surface area (Å²) in [6.45, 7) is 4.53. The van der Waals surface area contributed by atoms with Crippen molar-refractivity contribution >= 4 is 27.0 Å². The van der Waals surface area contributed by atoms with Crippen LogP contribution in [0.1, 0.15) is 16.0 Å². The fourth-order valence-electron chi connectivity index (χ4n) is 2.13. The number of nitrogens with zero attached hydrogens (tertiary/aromatic N) is 1. The van der Waals surface area contributed by atoms with Crippen molar-refractivity contribution in [3.8, 4) is 0 Å². The molecule has 0 atom stereocenters. The molecule has 0 unspecified atom stereocenters. The number of rotatable bonds is 5. The molecule has 0 radical (unpaired) electrons. The van der Waals surface area contributed by atoms with Gasteiger partial charge in [-0.2, -0.15) is 0 Å². The Balaban J connectivity index is 2.42. The zero-order valence-electron chi connectivity index (χ0n) is 12.7. The minimum Gasteiger partial charge on any atom is -0.315 e. The Kier molecular flexibility index (Phi) is 4.70. The largest absolute Gasteiger partial charge is 0.315 e. The molecule has 1 aromatic heterocycles. The molecular formula is C15H20N2O2S2. The molecule has 1 heterocycles. The molecular weight excluding hydrogens is 304 g/mol. The SMILES string of the molecule is CNCc1sc(S(=O)(=O)N(C)c2ccccc2C)cc1C. The van der Waals surface area contributed by atoms with E-state index in [0.717, 1.165) is 16.0 Å². The summed E-state index contributed by atoms with van der Waals surface area (Å²) in [5.74, 6) is 0. The van der Waals surface area contributed by atoms with Gasteiger partial charge in [0.2, 0.25) is 0 Å². The molecule has 0 aliphatic rings. The van der Waals surface area contributed by atoms with Crippen LogP contribution in [0.3, 0.4) is 0 Å². The van der Waals surface area contributed by atoms with Gasteiger partial charge in [0.1, 0.15) is 4.21 Å². The van der Waals surface area contributed by atoms with Crippen LogP contribution in [0, 0.1) is 13.8 Å². The highest BCUT2D eigenvalue weighted by atomic mass is 32.2. The fraction of sp³-hybridized carbons (Fsp3) is 0.333. The highest BCUT2D eigenvalue weighted by Gasteiger charge is 2.25. The predicted molar refractivity (Wildman–Crippen MR) is 88.6 cm³/mol. The molecule has 1 aromatic carbocycles. The van der Waals surface area contributed by atoms with Crippen LogP contribution < -0.4 is 9.62 Å². The van der Waals surface area contributed by atoms with Crippen molar-refractivity contribution in [3.63, 3.8) is 0 Å². The lowest BCUT2D eigenvalue weighted by molar-refractivity contribution is 0.596. The number of sulfonamides is 1. The molecule has 0 saturated heterocycles. The van der Waals surface area contributed by atoms with E-state index in [-0.39, 0.29) is 0 Å². The lowest BCUT2D eigenvalue weighted by Crippen LogP contribution is -2.26. The van der Waals surface area contributed by atoms with E-state index in [1.165, 1.54) is 15.6 Å². The van der Waals surface area contributed by atoms with Crippen LogP contribution in [-0.4, -0.2) is 22.5 Å². The van der Waals surface area contributed by atoms with Crippen LogP contribution in [0.2, 0.25) is 0 Å². The van der Waals surface area contributed by atoms with Crippen molar-refractivity contribution in [2.75, 3.05) is 18.4 Å². The van der Waals surface area contributed by atoms with Crippen LogP contribution in [0.5, 0.6) is 0 Å². The number of nitrogens with one attached hydrogen (secondary N) is 1. The molecule has 0 spiro atoms. The molecule has 2 aromatic rings. The van der Waals surface area contributed by atoms with Crippen molar-refractivity contribution in [2.24, 2.45) is 0 Å². The van der Waals surface area contributed by atoms with Gasteiger partial charge >= 0.3 is 0 Å². The Bertz CT molecular complexity index is 736. The maximum absolute atomic E-state index is 12.8. The smallest absolute Gasteiger partial charge is 0.273 e. The van der Waals surface area contributed by atoms with Gasteiger partial charge < -0.3 is 5.32 Å². The number of hydrogen-bond acceptors (Lipinski definition) is 4. The summed E-state index contributed by atoms with van der Waals surface area (Å²) in [5.41, 5.74) is 2.65. The van der Waals surface area contributed by atoms with Crippen LogP contribution >= 0.6 is 11.3 Å². The average Bonchev–Trinajstić information content (AvgIpc) is 2.81. The van der Waals surface area contributed by atoms with E-state index in [1.807, 2.05) is 45.2 Å². The molecule has 0 aliphatic heterocycles. The van der Waals surface area contributed by atoms with Gasteiger partial charge in [-0.3, -0.25) is 4.31 Å². The van der Waals surface area contributed by atoms with Gasteiger partial charge in [0.15, 0.2) is 0 Å². The van der Waals surface area contributed by atoms with E-state index in [4.69, 9.17) is 0 Å². The van der Waals surface area contributed by atoms with E-state index >= 15 is 0 Å².